The third-order valence-electron chi connectivity index (χ3n) is 5.31. The molecule has 5 aromatic rings. The highest BCUT2D eigenvalue weighted by molar-refractivity contribution is 7.21. The molecule has 0 aliphatic heterocycles. The molecule has 0 saturated carbocycles. The number of nitrogen functional groups attached to an aromatic ring is 1. The average molecular weight is 458 g/mol. The number of hydrogen-bond donors (Lipinski definition) is 1. The highest BCUT2D eigenvalue weighted by Gasteiger charge is 2.32. The summed E-state index contributed by atoms with van der Waals surface area (Å²) in [4.78, 5) is 19.0. The number of pyridine rings is 1. The molecule has 2 aromatic carbocycles. The molecular weight excluding hydrogens is 440 g/mol. The van der Waals surface area contributed by atoms with Crippen molar-refractivity contribution in [3.8, 4) is 28.6 Å². The van der Waals surface area contributed by atoms with Crippen molar-refractivity contribution >= 4 is 33.0 Å². The number of benzene rings is 2. The minimum Gasteiger partial charge on any atom is -0.539 e. The van der Waals surface area contributed by atoms with Gasteiger partial charge < -0.3 is 20.1 Å². The number of ketones is 1. The number of carbonyl (C=O) groups excluding carboxylic acids is 1. The van der Waals surface area contributed by atoms with Gasteiger partial charge in [-0.3, -0.25) is 4.79 Å². The number of anilines is 1. The second-order valence-electron chi connectivity index (χ2n) is 7.37. The van der Waals surface area contributed by atoms with Crippen molar-refractivity contribution in [3.63, 3.8) is 0 Å². The summed E-state index contributed by atoms with van der Waals surface area (Å²) in [6.45, 7) is 1.95. The molecule has 33 heavy (non-hydrogen) atoms. The Morgan fingerprint density at radius 3 is 2.58 bits per heavy atom. The summed E-state index contributed by atoms with van der Waals surface area (Å²) >= 11 is 1.14. The normalized spacial score (nSPS) is 11.1. The zero-order valence-electron chi connectivity index (χ0n) is 17.7. The standard InChI is InChI=1S/C24H18N4O4S/c1-13-12-17-18(25)22(33-23(17)26-19(13)14-6-4-3-5-7-14)21(29)20-24(30)32-27-28(20)15-8-10-16(31-2)11-9-15/h3-12H,1-2H3,(H2-,25,27,29,30). The molecule has 5 rings (SSSR count). The molecule has 0 saturated heterocycles. The van der Waals surface area contributed by atoms with Gasteiger partial charge in [0.25, 0.3) is 5.78 Å². The van der Waals surface area contributed by atoms with Crippen LogP contribution in [0, 0.1) is 6.92 Å². The van der Waals surface area contributed by atoms with E-state index in [0.29, 0.717) is 21.7 Å². The van der Waals surface area contributed by atoms with Gasteiger partial charge in [-0.1, -0.05) is 30.3 Å². The van der Waals surface area contributed by atoms with Crippen molar-refractivity contribution in [2.24, 2.45) is 0 Å². The van der Waals surface area contributed by atoms with Crippen LogP contribution in [0.15, 0.2) is 65.2 Å². The minimum absolute atomic E-state index is 0.213. The largest absolute Gasteiger partial charge is 0.539 e. The fourth-order valence-electron chi connectivity index (χ4n) is 3.64. The van der Waals surface area contributed by atoms with Crippen LogP contribution in [0.3, 0.4) is 0 Å². The van der Waals surface area contributed by atoms with E-state index in [-0.39, 0.29) is 16.3 Å². The SMILES string of the molecule is COc1ccc(-[n+]2noc([O-])c2C(=O)c2sc3nc(-c4ccccc4)c(C)cc3c2N)cc1. The first-order valence-electron chi connectivity index (χ1n) is 10.0. The van der Waals surface area contributed by atoms with Gasteiger partial charge in [0.15, 0.2) is 5.95 Å². The molecule has 164 valence electrons. The Labute approximate surface area is 192 Å². The maximum absolute atomic E-state index is 13.4. The minimum atomic E-state index is -0.846. The van der Waals surface area contributed by atoms with Gasteiger partial charge >= 0.3 is 5.69 Å². The molecule has 3 aromatic heterocycles. The van der Waals surface area contributed by atoms with Gasteiger partial charge in [-0.25, -0.2) is 4.98 Å². The number of hydrogen-bond acceptors (Lipinski definition) is 8. The Morgan fingerprint density at radius 1 is 1.15 bits per heavy atom. The van der Waals surface area contributed by atoms with Gasteiger partial charge in [0.05, 0.1) is 23.8 Å². The van der Waals surface area contributed by atoms with E-state index in [0.717, 1.165) is 28.2 Å². The van der Waals surface area contributed by atoms with Gasteiger partial charge in [-0.15, -0.1) is 11.3 Å². The van der Waals surface area contributed by atoms with Crippen molar-refractivity contribution < 1.29 is 23.8 Å². The third kappa shape index (κ3) is 3.48. The quantitative estimate of drug-likeness (QED) is 0.317. The van der Waals surface area contributed by atoms with E-state index >= 15 is 0 Å². The van der Waals surface area contributed by atoms with Crippen molar-refractivity contribution in [1.29, 1.82) is 0 Å². The zero-order chi connectivity index (χ0) is 23.1. The molecule has 0 fully saturated rings. The number of aryl methyl sites for hydroxylation is 1. The Balaban J connectivity index is 1.61. The first-order valence-corrected chi connectivity index (χ1v) is 10.8. The molecule has 8 nitrogen and oxygen atoms in total. The van der Waals surface area contributed by atoms with Gasteiger partial charge in [0.1, 0.15) is 15.5 Å². The lowest BCUT2D eigenvalue weighted by atomic mass is 10.1. The van der Waals surface area contributed by atoms with E-state index in [9.17, 15) is 9.90 Å². The lowest BCUT2D eigenvalue weighted by molar-refractivity contribution is -0.672. The van der Waals surface area contributed by atoms with Crippen molar-refractivity contribution in [2.45, 2.75) is 6.92 Å². The molecule has 2 N–H and O–H groups in total. The van der Waals surface area contributed by atoms with E-state index in [1.807, 2.05) is 43.3 Å². The number of methoxy groups -OCH3 is 1. The smallest absolute Gasteiger partial charge is 0.312 e. The number of nitrogens with two attached hydrogens (primary N) is 1. The highest BCUT2D eigenvalue weighted by atomic mass is 32.1. The van der Waals surface area contributed by atoms with Crippen molar-refractivity contribution in [2.75, 3.05) is 12.8 Å². The molecule has 0 unspecified atom stereocenters. The molecule has 0 spiro atoms. The van der Waals surface area contributed by atoms with Crippen LogP contribution in [0.4, 0.5) is 5.69 Å². The molecule has 0 bridgehead atoms. The Kier molecular flexibility index (Phi) is 5.02. The van der Waals surface area contributed by atoms with E-state index in [2.05, 4.69) is 5.27 Å². The molecule has 0 amide bonds. The van der Waals surface area contributed by atoms with Crippen LogP contribution in [0.2, 0.25) is 0 Å². The van der Waals surface area contributed by atoms with Crippen LogP contribution >= 0.6 is 11.3 Å². The first-order chi connectivity index (χ1) is 16.0. The Hall–Kier alpha value is -4.24. The monoisotopic (exact) mass is 458 g/mol. The maximum atomic E-state index is 13.4. The van der Waals surface area contributed by atoms with Gasteiger partial charge in [-0.05, 0) is 35.4 Å². The number of carbonyl (C=O) groups is 1. The average Bonchev–Trinajstić information content (AvgIpc) is 3.38. The summed E-state index contributed by atoms with van der Waals surface area (Å²) in [5.41, 5.74) is 9.57. The predicted molar refractivity (Wildman–Crippen MR) is 122 cm³/mol. The van der Waals surface area contributed by atoms with E-state index in [1.54, 1.807) is 31.4 Å². The Bertz CT molecular complexity index is 1490. The number of aromatic nitrogens is 3. The van der Waals surface area contributed by atoms with Crippen LogP contribution in [0.5, 0.6) is 11.7 Å². The van der Waals surface area contributed by atoms with Gasteiger partial charge in [-0.2, -0.15) is 0 Å². The molecule has 0 atom stereocenters. The van der Waals surface area contributed by atoms with E-state index < -0.39 is 11.7 Å². The summed E-state index contributed by atoms with van der Waals surface area (Å²) in [5.74, 6) is -0.791. The number of rotatable bonds is 5. The second-order valence-corrected chi connectivity index (χ2v) is 8.36. The van der Waals surface area contributed by atoms with Crippen LogP contribution in [-0.4, -0.2) is 23.1 Å². The number of fused-ring (bicyclic) bond motifs is 1. The molecule has 0 radical (unpaired) electrons. The number of thiophene rings is 1. The first kappa shape index (κ1) is 20.7. The summed E-state index contributed by atoms with van der Waals surface area (Å²) in [6, 6.07) is 18.4. The van der Waals surface area contributed by atoms with E-state index in [1.165, 1.54) is 4.68 Å². The van der Waals surface area contributed by atoms with Gasteiger partial charge in [0, 0.05) is 23.1 Å². The molecule has 3 heterocycles. The van der Waals surface area contributed by atoms with Crippen LogP contribution in [0.25, 0.3) is 27.2 Å². The van der Waals surface area contributed by atoms with Crippen LogP contribution < -0.4 is 20.3 Å². The third-order valence-corrected chi connectivity index (χ3v) is 6.42. The van der Waals surface area contributed by atoms with E-state index in [4.69, 9.17) is 20.0 Å². The predicted octanol–water partition coefficient (Wildman–Crippen LogP) is 3.43. The van der Waals surface area contributed by atoms with Crippen LogP contribution in [0.1, 0.15) is 20.9 Å². The summed E-state index contributed by atoms with van der Waals surface area (Å²) < 4.78 is 11.1. The second kappa shape index (κ2) is 8.03. The number of ether oxygens (including phenoxy) is 1. The Morgan fingerprint density at radius 2 is 1.88 bits per heavy atom. The van der Waals surface area contributed by atoms with Gasteiger partial charge in [0.2, 0.25) is 5.69 Å². The van der Waals surface area contributed by atoms with Crippen molar-refractivity contribution in [1.82, 2.24) is 10.3 Å². The number of nitrogens with zero attached hydrogens (tertiary/aromatic N) is 3. The summed E-state index contributed by atoms with van der Waals surface area (Å²) in [6.07, 6.45) is 0. The summed E-state index contributed by atoms with van der Waals surface area (Å²) in [7, 11) is 1.55. The lowest BCUT2D eigenvalue weighted by Gasteiger charge is -2.05. The molecular formula is C24H18N4O4S. The maximum Gasteiger partial charge on any atom is 0.312 e. The summed E-state index contributed by atoms with van der Waals surface area (Å²) in [5, 5.41) is 16.8. The van der Waals surface area contributed by atoms with Crippen molar-refractivity contribution in [3.05, 3.63) is 76.8 Å². The lowest BCUT2D eigenvalue weighted by Crippen LogP contribution is -2.39. The fraction of sp³-hybridized carbons (Fsp3) is 0.0833. The van der Waals surface area contributed by atoms with Crippen LogP contribution in [-0.2, 0) is 0 Å². The highest BCUT2D eigenvalue weighted by Crippen LogP contribution is 2.37. The fourth-order valence-corrected chi connectivity index (χ4v) is 4.66. The topological polar surface area (TPSA) is 118 Å². The molecule has 9 heteroatoms. The molecule has 0 aliphatic carbocycles. The zero-order valence-corrected chi connectivity index (χ0v) is 18.6. The molecule has 0 aliphatic rings.